The minimum absolute atomic E-state index is 0.294. The van der Waals surface area contributed by atoms with E-state index >= 15 is 0 Å². The molecule has 0 aliphatic heterocycles. The number of phenols is 1. The van der Waals surface area contributed by atoms with E-state index < -0.39 is 17.9 Å². The van der Waals surface area contributed by atoms with E-state index in [1.165, 1.54) is 12.1 Å². The second kappa shape index (κ2) is 3.33. The van der Waals surface area contributed by atoms with Crippen molar-refractivity contribution in [1.29, 1.82) is 0 Å². The van der Waals surface area contributed by atoms with Gasteiger partial charge in [0.25, 0.3) is 0 Å². The van der Waals surface area contributed by atoms with Crippen LogP contribution in [0, 0.1) is 0 Å². The SMILES string of the molecule is Oc1cccc(Cl)c1OC(F)(F)F. The van der Waals surface area contributed by atoms with E-state index in [2.05, 4.69) is 4.74 Å². The highest BCUT2D eigenvalue weighted by Gasteiger charge is 2.33. The molecule has 0 unspecified atom stereocenters. The van der Waals surface area contributed by atoms with Gasteiger partial charge in [-0.2, -0.15) is 0 Å². The molecular formula is C7H4ClF3O2. The lowest BCUT2D eigenvalue weighted by atomic mass is 10.3. The van der Waals surface area contributed by atoms with Crippen LogP contribution in [0.2, 0.25) is 5.02 Å². The number of benzene rings is 1. The van der Waals surface area contributed by atoms with Crippen LogP contribution in [0.3, 0.4) is 0 Å². The number of aromatic hydroxyl groups is 1. The quantitative estimate of drug-likeness (QED) is 0.776. The molecule has 0 aliphatic rings. The van der Waals surface area contributed by atoms with Crippen molar-refractivity contribution in [3.8, 4) is 11.5 Å². The highest BCUT2D eigenvalue weighted by Crippen LogP contribution is 2.37. The van der Waals surface area contributed by atoms with Crippen LogP contribution in [0.25, 0.3) is 0 Å². The lowest BCUT2D eigenvalue weighted by molar-refractivity contribution is -0.275. The number of phenolic OH excluding ortho intramolecular Hbond substituents is 1. The topological polar surface area (TPSA) is 29.5 Å². The molecule has 0 radical (unpaired) electrons. The molecule has 0 atom stereocenters. The summed E-state index contributed by atoms with van der Waals surface area (Å²) in [6, 6.07) is 3.54. The van der Waals surface area contributed by atoms with E-state index in [9.17, 15) is 13.2 Å². The van der Waals surface area contributed by atoms with E-state index in [4.69, 9.17) is 16.7 Å². The van der Waals surface area contributed by atoms with Gasteiger partial charge in [0.1, 0.15) is 0 Å². The van der Waals surface area contributed by atoms with Crippen molar-refractivity contribution in [2.75, 3.05) is 0 Å². The van der Waals surface area contributed by atoms with Crippen molar-refractivity contribution < 1.29 is 23.0 Å². The lowest BCUT2D eigenvalue weighted by Gasteiger charge is -2.10. The molecule has 0 aromatic heterocycles. The van der Waals surface area contributed by atoms with E-state index in [0.717, 1.165) is 6.07 Å². The highest BCUT2D eigenvalue weighted by atomic mass is 35.5. The highest BCUT2D eigenvalue weighted by molar-refractivity contribution is 6.32. The first-order chi connectivity index (χ1) is 5.90. The maximum absolute atomic E-state index is 11.7. The smallest absolute Gasteiger partial charge is 0.504 e. The molecule has 0 saturated carbocycles. The second-order valence-corrected chi connectivity index (χ2v) is 2.54. The summed E-state index contributed by atoms with van der Waals surface area (Å²) in [7, 11) is 0. The number of alkyl halides is 3. The minimum Gasteiger partial charge on any atom is -0.504 e. The van der Waals surface area contributed by atoms with Crippen LogP contribution in [0.4, 0.5) is 13.2 Å². The van der Waals surface area contributed by atoms with E-state index in [0.29, 0.717) is 0 Å². The Morgan fingerprint density at radius 2 is 1.92 bits per heavy atom. The Hall–Kier alpha value is -1.10. The molecule has 0 fully saturated rings. The normalized spacial score (nSPS) is 11.4. The molecule has 1 N–H and O–H groups in total. The molecule has 0 saturated heterocycles. The van der Waals surface area contributed by atoms with Gasteiger partial charge >= 0.3 is 6.36 Å². The van der Waals surface area contributed by atoms with Gasteiger partial charge in [-0.25, -0.2) is 0 Å². The van der Waals surface area contributed by atoms with Crippen molar-refractivity contribution in [3.05, 3.63) is 23.2 Å². The van der Waals surface area contributed by atoms with Gasteiger partial charge < -0.3 is 9.84 Å². The molecule has 6 heteroatoms. The standard InChI is InChI=1S/C7H4ClF3O2/c8-4-2-1-3-5(12)6(4)13-7(9,10)11/h1-3,12H. The number of ether oxygens (including phenoxy) is 1. The fourth-order valence-electron chi connectivity index (χ4n) is 0.714. The molecule has 2 nitrogen and oxygen atoms in total. The summed E-state index contributed by atoms with van der Waals surface area (Å²) in [5.41, 5.74) is 0. The molecule has 13 heavy (non-hydrogen) atoms. The van der Waals surface area contributed by atoms with Gasteiger partial charge in [0, 0.05) is 0 Å². The summed E-state index contributed by atoms with van der Waals surface area (Å²) in [4.78, 5) is 0. The molecule has 72 valence electrons. The zero-order valence-electron chi connectivity index (χ0n) is 6.10. The minimum atomic E-state index is -4.86. The summed E-state index contributed by atoms with van der Waals surface area (Å²) in [6.07, 6.45) is -4.86. The third-order valence-corrected chi connectivity index (χ3v) is 1.46. The number of halogens is 4. The Bertz CT molecular complexity index is 291. The van der Waals surface area contributed by atoms with Gasteiger partial charge in [-0.3, -0.25) is 0 Å². The van der Waals surface area contributed by atoms with Gasteiger partial charge in [0.15, 0.2) is 11.5 Å². The Balaban J connectivity index is 3.00. The Labute approximate surface area is 76.5 Å². The fraction of sp³-hybridized carbons (Fsp3) is 0.143. The molecule has 0 amide bonds. The van der Waals surface area contributed by atoms with Gasteiger partial charge in [0.05, 0.1) is 5.02 Å². The average Bonchev–Trinajstić information content (AvgIpc) is 1.95. The van der Waals surface area contributed by atoms with Crippen molar-refractivity contribution >= 4 is 11.6 Å². The molecule has 1 rings (SSSR count). The van der Waals surface area contributed by atoms with Crippen LogP contribution in [-0.4, -0.2) is 11.5 Å². The summed E-state index contributed by atoms with van der Waals surface area (Å²) in [5, 5.41) is 8.65. The Morgan fingerprint density at radius 3 is 2.38 bits per heavy atom. The van der Waals surface area contributed by atoms with Crippen LogP contribution in [-0.2, 0) is 0 Å². The van der Waals surface area contributed by atoms with Crippen molar-refractivity contribution in [2.45, 2.75) is 6.36 Å². The first-order valence-corrected chi connectivity index (χ1v) is 3.51. The number of para-hydroxylation sites is 1. The Morgan fingerprint density at radius 1 is 1.31 bits per heavy atom. The van der Waals surface area contributed by atoms with Gasteiger partial charge in [-0.1, -0.05) is 17.7 Å². The molecule has 0 aliphatic carbocycles. The van der Waals surface area contributed by atoms with Gasteiger partial charge in [-0.15, -0.1) is 13.2 Å². The summed E-state index contributed by atoms with van der Waals surface area (Å²) < 4.78 is 38.6. The maximum Gasteiger partial charge on any atom is 0.573 e. The lowest BCUT2D eigenvalue weighted by Crippen LogP contribution is -2.17. The number of rotatable bonds is 1. The number of hydrogen-bond donors (Lipinski definition) is 1. The summed E-state index contributed by atoms with van der Waals surface area (Å²) in [5.74, 6) is -1.43. The van der Waals surface area contributed by atoms with Crippen molar-refractivity contribution in [1.82, 2.24) is 0 Å². The summed E-state index contributed by atoms with van der Waals surface area (Å²) >= 11 is 5.35. The van der Waals surface area contributed by atoms with Crippen LogP contribution in [0.5, 0.6) is 11.5 Å². The molecule has 0 spiro atoms. The van der Waals surface area contributed by atoms with Crippen LogP contribution in [0.15, 0.2) is 18.2 Å². The average molecular weight is 213 g/mol. The van der Waals surface area contributed by atoms with Crippen LogP contribution < -0.4 is 4.74 Å². The second-order valence-electron chi connectivity index (χ2n) is 2.14. The predicted octanol–water partition coefficient (Wildman–Crippen LogP) is 2.94. The molecular weight excluding hydrogens is 209 g/mol. The zero-order valence-corrected chi connectivity index (χ0v) is 6.86. The fourth-order valence-corrected chi connectivity index (χ4v) is 0.922. The first kappa shape index (κ1) is 9.98. The van der Waals surface area contributed by atoms with Gasteiger partial charge in [0.2, 0.25) is 0 Å². The van der Waals surface area contributed by atoms with E-state index in [-0.39, 0.29) is 5.02 Å². The zero-order chi connectivity index (χ0) is 10.1. The number of hydrogen-bond acceptors (Lipinski definition) is 2. The predicted molar refractivity (Wildman–Crippen MR) is 39.8 cm³/mol. The largest absolute Gasteiger partial charge is 0.573 e. The molecule has 1 aromatic rings. The molecule has 0 heterocycles. The first-order valence-electron chi connectivity index (χ1n) is 3.13. The van der Waals surface area contributed by atoms with Crippen molar-refractivity contribution in [2.24, 2.45) is 0 Å². The molecule has 0 bridgehead atoms. The van der Waals surface area contributed by atoms with Crippen molar-refractivity contribution in [3.63, 3.8) is 0 Å². The molecule has 1 aromatic carbocycles. The third kappa shape index (κ3) is 2.69. The monoisotopic (exact) mass is 212 g/mol. The van der Waals surface area contributed by atoms with Crippen LogP contribution in [0.1, 0.15) is 0 Å². The maximum atomic E-state index is 11.7. The Kier molecular flexibility index (Phi) is 2.56. The summed E-state index contributed by atoms with van der Waals surface area (Å²) in [6.45, 7) is 0. The van der Waals surface area contributed by atoms with Crippen LogP contribution >= 0.6 is 11.6 Å². The van der Waals surface area contributed by atoms with E-state index in [1.54, 1.807) is 0 Å². The van der Waals surface area contributed by atoms with Gasteiger partial charge in [-0.05, 0) is 12.1 Å². The van der Waals surface area contributed by atoms with E-state index in [1.807, 2.05) is 0 Å². The third-order valence-electron chi connectivity index (χ3n) is 1.16.